The molecule has 2 nitrogen and oxygen atoms in total. The Kier molecular flexibility index (Phi) is 4.27. The van der Waals surface area contributed by atoms with Crippen LogP contribution in [-0.2, 0) is 6.54 Å². The van der Waals surface area contributed by atoms with Crippen molar-refractivity contribution in [3.63, 3.8) is 0 Å². The first-order valence-electron chi connectivity index (χ1n) is 5.35. The standard InChI is InChI=1S/C13H11Cl2NOS/c1-8-3-2-4-9(5-8)7-16-13(17)10-6-11(14)18-12(10)15/h2-6H,7H2,1H3,(H,16,17). The zero-order valence-corrected chi connectivity index (χ0v) is 12.0. The van der Waals surface area contributed by atoms with E-state index in [4.69, 9.17) is 23.2 Å². The highest BCUT2D eigenvalue weighted by molar-refractivity contribution is 7.20. The lowest BCUT2D eigenvalue weighted by Gasteiger charge is -2.05. The molecular formula is C13H11Cl2NOS. The molecule has 1 N–H and O–H groups in total. The Morgan fingerprint density at radius 1 is 1.33 bits per heavy atom. The van der Waals surface area contributed by atoms with Gasteiger partial charge in [-0.25, -0.2) is 0 Å². The topological polar surface area (TPSA) is 29.1 Å². The van der Waals surface area contributed by atoms with E-state index in [0.29, 0.717) is 20.8 Å². The highest BCUT2D eigenvalue weighted by Gasteiger charge is 2.13. The van der Waals surface area contributed by atoms with Crippen LogP contribution in [-0.4, -0.2) is 5.91 Å². The predicted molar refractivity (Wildman–Crippen MR) is 76.7 cm³/mol. The van der Waals surface area contributed by atoms with Crippen LogP contribution in [0.25, 0.3) is 0 Å². The molecule has 0 aliphatic rings. The summed E-state index contributed by atoms with van der Waals surface area (Å²) in [5.41, 5.74) is 2.65. The van der Waals surface area contributed by atoms with Crippen molar-refractivity contribution in [3.8, 4) is 0 Å². The minimum absolute atomic E-state index is 0.204. The zero-order valence-electron chi connectivity index (χ0n) is 9.67. The van der Waals surface area contributed by atoms with E-state index in [1.807, 2.05) is 31.2 Å². The maximum Gasteiger partial charge on any atom is 0.253 e. The molecule has 0 saturated heterocycles. The van der Waals surface area contributed by atoms with Gasteiger partial charge in [-0.1, -0.05) is 53.0 Å². The second-order valence-corrected chi connectivity index (χ2v) is 6.20. The minimum Gasteiger partial charge on any atom is -0.348 e. The number of benzene rings is 1. The Morgan fingerprint density at radius 3 is 2.72 bits per heavy atom. The summed E-state index contributed by atoms with van der Waals surface area (Å²) in [5.74, 6) is -0.204. The quantitative estimate of drug-likeness (QED) is 0.900. The third kappa shape index (κ3) is 3.25. The van der Waals surface area contributed by atoms with Gasteiger partial charge in [-0.05, 0) is 18.6 Å². The van der Waals surface area contributed by atoms with Crippen molar-refractivity contribution >= 4 is 40.4 Å². The van der Waals surface area contributed by atoms with Crippen LogP contribution < -0.4 is 5.32 Å². The van der Waals surface area contributed by atoms with Crippen LogP contribution in [0.15, 0.2) is 30.3 Å². The van der Waals surface area contributed by atoms with Gasteiger partial charge in [0.05, 0.1) is 9.90 Å². The zero-order chi connectivity index (χ0) is 13.1. The number of amides is 1. The van der Waals surface area contributed by atoms with Gasteiger partial charge in [0.15, 0.2) is 0 Å². The van der Waals surface area contributed by atoms with Crippen molar-refractivity contribution in [2.75, 3.05) is 0 Å². The lowest BCUT2D eigenvalue weighted by molar-refractivity contribution is 0.0951. The molecular weight excluding hydrogens is 289 g/mol. The summed E-state index contributed by atoms with van der Waals surface area (Å²) < 4.78 is 0.933. The van der Waals surface area contributed by atoms with Gasteiger partial charge in [-0.15, -0.1) is 11.3 Å². The molecule has 0 aliphatic heterocycles. The number of thiophene rings is 1. The molecule has 18 heavy (non-hydrogen) atoms. The molecule has 0 saturated carbocycles. The molecule has 0 atom stereocenters. The fourth-order valence-electron chi connectivity index (χ4n) is 1.59. The second-order valence-electron chi connectivity index (χ2n) is 3.91. The number of carbonyl (C=O) groups is 1. The van der Waals surface area contributed by atoms with Crippen LogP contribution in [0.5, 0.6) is 0 Å². The summed E-state index contributed by atoms with van der Waals surface area (Å²) in [5, 5.41) is 2.82. The lowest BCUT2D eigenvalue weighted by Crippen LogP contribution is -2.22. The highest BCUT2D eigenvalue weighted by Crippen LogP contribution is 2.30. The smallest absolute Gasteiger partial charge is 0.253 e. The first-order chi connectivity index (χ1) is 8.56. The van der Waals surface area contributed by atoms with Crippen LogP contribution >= 0.6 is 34.5 Å². The van der Waals surface area contributed by atoms with E-state index >= 15 is 0 Å². The monoisotopic (exact) mass is 299 g/mol. The Labute approximate surface area is 120 Å². The summed E-state index contributed by atoms with van der Waals surface area (Å²) >= 11 is 12.9. The largest absolute Gasteiger partial charge is 0.348 e. The number of carbonyl (C=O) groups excluding carboxylic acids is 1. The van der Waals surface area contributed by atoms with E-state index in [2.05, 4.69) is 5.32 Å². The van der Waals surface area contributed by atoms with Crippen molar-refractivity contribution in [1.82, 2.24) is 5.32 Å². The van der Waals surface area contributed by atoms with Crippen LogP contribution in [0.3, 0.4) is 0 Å². The Morgan fingerprint density at radius 2 is 2.11 bits per heavy atom. The average molecular weight is 300 g/mol. The average Bonchev–Trinajstić information content (AvgIpc) is 2.66. The number of hydrogen-bond acceptors (Lipinski definition) is 2. The highest BCUT2D eigenvalue weighted by atomic mass is 35.5. The molecule has 1 aromatic heterocycles. The SMILES string of the molecule is Cc1cccc(CNC(=O)c2cc(Cl)sc2Cl)c1. The van der Waals surface area contributed by atoms with E-state index in [9.17, 15) is 4.79 Å². The van der Waals surface area contributed by atoms with Crippen molar-refractivity contribution in [1.29, 1.82) is 0 Å². The summed E-state index contributed by atoms with van der Waals surface area (Å²) in [4.78, 5) is 11.9. The first kappa shape index (κ1) is 13.4. The summed E-state index contributed by atoms with van der Waals surface area (Å²) in [7, 11) is 0. The maximum atomic E-state index is 11.9. The van der Waals surface area contributed by atoms with Crippen LogP contribution in [0.4, 0.5) is 0 Å². The fourth-order valence-corrected chi connectivity index (χ4v) is 3.05. The molecule has 0 unspecified atom stereocenters. The summed E-state index contributed by atoms with van der Waals surface area (Å²) in [6.07, 6.45) is 0. The second kappa shape index (κ2) is 5.74. The van der Waals surface area contributed by atoms with E-state index in [1.54, 1.807) is 6.07 Å². The van der Waals surface area contributed by atoms with Gasteiger partial charge in [0.2, 0.25) is 0 Å². The van der Waals surface area contributed by atoms with E-state index in [0.717, 1.165) is 5.56 Å². The molecule has 94 valence electrons. The molecule has 0 fully saturated rings. The van der Waals surface area contributed by atoms with Gasteiger partial charge < -0.3 is 5.32 Å². The molecule has 2 aromatic rings. The Bertz CT molecular complexity index is 580. The molecule has 2 rings (SSSR count). The van der Waals surface area contributed by atoms with Crippen LogP contribution in [0, 0.1) is 6.92 Å². The van der Waals surface area contributed by atoms with E-state index in [1.165, 1.54) is 16.9 Å². The fraction of sp³-hybridized carbons (Fsp3) is 0.154. The normalized spacial score (nSPS) is 10.4. The third-order valence-electron chi connectivity index (χ3n) is 2.44. The van der Waals surface area contributed by atoms with E-state index < -0.39 is 0 Å². The van der Waals surface area contributed by atoms with Gasteiger partial charge in [-0.2, -0.15) is 0 Å². The summed E-state index contributed by atoms with van der Waals surface area (Å²) in [6, 6.07) is 9.56. The Balaban J connectivity index is 2.03. The molecule has 0 radical (unpaired) electrons. The maximum absolute atomic E-state index is 11.9. The summed E-state index contributed by atoms with van der Waals surface area (Å²) in [6.45, 7) is 2.49. The van der Waals surface area contributed by atoms with Crippen LogP contribution in [0.1, 0.15) is 21.5 Å². The van der Waals surface area contributed by atoms with Gasteiger partial charge >= 0.3 is 0 Å². The molecule has 1 aromatic carbocycles. The van der Waals surface area contributed by atoms with Gasteiger partial charge in [0.25, 0.3) is 5.91 Å². The molecule has 0 bridgehead atoms. The molecule has 1 heterocycles. The van der Waals surface area contributed by atoms with Crippen molar-refractivity contribution in [2.24, 2.45) is 0 Å². The first-order valence-corrected chi connectivity index (χ1v) is 6.92. The van der Waals surface area contributed by atoms with Gasteiger partial charge in [-0.3, -0.25) is 4.79 Å². The van der Waals surface area contributed by atoms with Crippen molar-refractivity contribution < 1.29 is 4.79 Å². The number of halogens is 2. The number of rotatable bonds is 3. The number of hydrogen-bond donors (Lipinski definition) is 1. The lowest BCUT2D eigenvalue weighted by atomic mass is 10.1. The predicted octanol–water partition coefficient (Wildman–Crippen LogP) is 4.29. The van der Waals surface area contributed by atoms with Gasteiger partial charge in [0.1, 0.15) is 4.34 Å². The third-order valence-corrected chi connectivity index (χ3v) is 3.92. The van der Waals surface area contributed by atoms with E-state index in [-0.39, 0.29) is 5.91 Å². The molecule has 1 amide bonds. The van der Waals surface area contributed by atoms with Crippen molar-refractivity contribution in [2.45, 2.75) is 13.5 Å². The molecule has 5 heteroatoms. The number of nitrogens with one attached hydrogen (secondary N) is 1. The Hall–Kier alpha value is -1.03. The van der Waals surface area contributed by atoms with Crippen molar-refractivity contribution in [3.05, 3.63) is 55.7 Å². The minimum atomic E-state index is -0.204. The van der Waals surface area contributed by atoms with Crippen LogP contribution in [0.2, 0.25) is 8.67 Å². The van der Waals surface area contributed by atoms with Gasteiger partial charge in [0, 0.05) is 6.54 Å². The molecule has 0 aliphatic carbocycles. The number of aryl methyl sites for hydroxylation is 1. The molecule has 0 spiro atoms.